The Hall–Kier alpha value is -1.54. The number of benzene rings is 1. The van der Waals surface area contributed by atoms with Crippen LogP contribution in [0.3, 0.4) is 0 Å². The minimum atomic E-state index is 0.394. The lowest BCUT2D eigenvalue weighted by atomic mass is 10.1. The zero-order valence-electron chi connectivity index (χ0n) is 12.4. The van der Waals surface area contributed by atoms with Crippen LogP contribution in [0, 0.1) is 13.8 Å². The Morgan fingerprint density at radius 2 is 2.00 bits per heavy atom. The van der Waals surface area contributed by atoms with Crippen LogP contribution in [0.5, 0.6) is 0 Å². The third-order valence-electron chi connectivity index (χ3n) is 3.66. The van der Waals surface area contributed by atoms with Crippen molar-refractivity contribution in [1.29, 1.82) is 0 Å². The van der Waals surface area contributed by atoms with Crippen molar-refractivity contribution >= 4 is 0 Å². The number of rotatable bonds is 5. The van der Waals surface area contributed by atoms with E-state index in [9.17, 15) is 0 Å². The highest BCUT2D eigenvalue weighted by atomic mass is 15.0. The van der Waals surface area contributed by atoms with Crippen LogP contribution in [-0.2, 0) is 6.54 Å². The molecule has 0 fully saturated rings. The summed E-state index contributed by atoms with van der Waals surface area (Å²) in [6.45, 7) is 10.7. The predicted octanol–water partition coefficient (Wildman–Crippen LogP) is 3.82. The van der Waals surface area contributed by atoms with Crippen molar-refractivity contribution in [3.05, 3.63) is 58.9 Å². The monoisotopic (exact) mass is 256 g/mol. The molecular formula is C17H24N2. The van der Waals surface area contributed by atoms with Gasteiger partial charge in [0.15, 0.2) is 0 Å². The third-order valence-corrected chi connectivity index (χ3v) is 3.66. The van der Waals surface area contributed by atoms with Crippen LogP contribution in [0.4, 0.5) is 0 Å². The van der Waals surface area contributed by atoms with E-state index in [0.29, 0.717) is 6.04 Å². The fourth-order valence-corrected chi connectivity index (χ4v) is 2.53. The van der Waals surface area contributed by atoms with Gasteiger partial charge in [0.1, 0.15) is 0 Å². The molecule has 2 aromatic rings. The summed E-state index contributed by atoms with van der Waals surface area (Å²) < 4.78 is 2.34. The molecule has 0 aliphatic rings. The molecular weight excluding hydrogens is 232 g/mol. The highest BCUT2D eigenvalue weighted by Gasteiger charge is 2.09. The Morgan fingerprint density at radius 3 is 2.74 bits per heavy atom. The van der Waals surface area contributed by atoms with E-state index < -0.39 is 0 Å². The van der Waals surface area contributed by atoms with E-state index in [-0.39, 0.29) is 0 Å². The molecule has 1 aromatic carbocycles. The second-order valence-electron chi connectivity index (χ2n) is 5.27. The molecule has 0 radical (unpaired) electrons. The van der Waals surface area contributed by atoms with E-state index in [4.69, 9.17) is 0 Å². The van der Waals surface area contributed by atoms with E-state index in [0.717, 1.165) is 13.1 Å². The van der Waals surface area contributed by atoms with E-state index in [1.54, 1.807) is 0 Å². The molecule has 2 heteroatoms. The molecule has 19 heavy (non-hydrogen) atoms. The number of aryl methyl sites for hydroxylation is 2. The molecule has 0 bridgehead atoms. The van der Waals surface area contributed by atoms with Crippen molar-refractivity contribution in [3.63, 3.8) is 0 Å². The number of hydrogen-bond donors (Lipinski definition) is 1. The van der Waals surface area contributed by atoms with Gasteiger partial charge in [-0.25, -0.2) is 0 Å². The number of nitrogens with one attached hydrogen (secondary N) is 1. The highest BCUT2D eigenvalue weighted by Crippen LogP contribution is 2.18. The van der Waals surface area contributed by atoms with Crippen LogP contribution in [0.15, 0.2) is 36.5 Å². The lowest BCUT2D eigenvalue weighted by Crippen LogP contribution is -2.21. The first kappa shape index (κ1) is 13.9. The summed E-state index contributed by atoms with van der Waals surface area (Å²) in [5.74, 6) is 0. The molecule has 2 nitrogen and oxygen atoms in total. The summed E-state index contributed by atoms with van der Waals surface area (Å²) in [4.78, 5) is 0. The molecule has 2 rings (SSSR count). The van der Waals surface area contributed by atoms with E-state index in [1.165, 1.54) is 22.4 Å². The minimum absolute atomic E-state index is 0.394. The average molecular weight is 256 g/mol. The molecule has 1 heterocycles. The van der Waals surface area contributed by atoms with Crippen molar-refractivity contribution in [2.24, 2.45) is 0 Å². The molecule has 0 saturated heterocycles. The SMILES string of the molecule is CCNC(C)c1cccn1Cc1cc(C)ccc1C. The fourth-order valence-electron chi connectivity index (χ4n) is 2.53. The first-order valence-corrected chi connectivity index (χ1v) is 7.06. The van der Waals surface area contributed by atoms with Gasteiger partial charge < -0.3 is 9.88 Å². The molecule has 1 aromatic heterocycles. The van der Waals surface area contributed by atoms with Gasteiger partial charge in [-0.05, 0) is 50.6 Å². The van der Waals surface area contributed by atoms with Crippen molar-refractivity contribution in [1.82, 2.24) is 9.88 Å². The molecule has 0 aliphatic carbocycles. The standard InChI is InChI=1S/C17H24N2/c1-5-18-15(4)17-7-6-10-19(17)12-16-11-13(2)8-9-14(16)3/h6-11,15,18H,5,12H2,1-4H3. The van der Waals surface area contributed by atoms with Gasteiger partial charge in [-0.15, -0.1) is 0 Å². The zero-order chi connectivity index (χ0) is 13.8. The molecule has 0 saturated carbocycles. The Labute approximate surface area is 116 Å². The van der Waals surface area contributed by atoms with Crippen molar-refractivity contribution < 1.29 is 0 Å². The maximum absolute atomic E-state index is 3.48. The summed E-state index contributed by atoms with van der Waals surface area (Å²) in [6.07, 6.45) is 2.17. The Bertz CT molecular complexity index is 540. The topological polar surface area (TPSA) is 17.0 Å². The molecule has 102 valence electrons. The van der Waals surface area contributed by atoms with Crippen LogP contribution in [0.2, 0.25) is 0 Å². The van der Waals surface area contributed by atoms with Crippen molar-refractivity contribution in [2.75, 3.05) is 6.54 Å². The van der Waals surface area contributed by atoms with Crippen LogP contribution < -0.4 is 5.32 Å². The lowest BCUT2D eigenvalue weighted by Gasteiger charge is -2.17. The highest BCUT2D eigenvalue weighted by molar-refractivity contribution is 5.31. The van der Waals surface area contributed by atoms with Gasteiger partial charge in [-0.1, -0.05) is 30.7 Å². The van der Waals surface area contributed by atoms with Gasteiger partial charge in [0, 0.05) is 24.5 Å². The molecule has 0 spiro atoms. The minimum Gasteiger partial charge on any atom is -0.346 e. The van der Waals surface area contributed by atoms with Gasteiger partial charge in [0.2, 0.25) is 0 Å². The first-order valence-electron chi connectivity index (χ1n) is 7.06. The fraction of sp³-hybridized carbons (Fsp3) is 0.412. The van der Waals surface area contributed by atoms with Crippen LogP contribution in [0.25, 0.3) is 0 Å². The summed E-state index contributed by atoms with van der Waals surface area (Å²) in [5.41, 5.74) is 5.44. The van der Waals surface area contributed by atoms with Crippen LogP contribution in [0.1, 0.15) is 42.3 Å². The summed E-state index contributed by atoms with van der Waals surface area (Å²) in [7, 11) is 0. The maximum atomic E-state index is 3.48. The van der Waals surface area contributed by atoms with E-state index >= 15 is 0 Å². The third kappa shape index (κ3) is 3.27. The Balaban J connectivity index is 2.24. The van der Waals surface area contributed by atoms with Crippen molar-refractivity contribution in [3.8, 4) is 0 Å². The smallest absolute Gasteiger partial charge is 0.0476 e. The van der Waals surface area contributed by atoms with Crippen LogP contribution >= 0.6 is 0 Å². The van der Waals surface area contributed by atoms with E-state index in [1.807, 2.05) is 0 Å². The first-order chi connectivity index (χ1) is 9.11. The molecule has 1 N–H and O–H groups in total. The summed E-state index contributed by atoms with van der Waals surface area (Å²) >= 11 is 0. The molecule has 0 amide bonds. The normalized spacial score (nSPS) is 12.6. The largest absolute Gasteiger partial charge is 0.346 e. The molecule has 1 atom stereocenters. The van der Waals surface area contributed by atoms with Gasteiger partial charge in [-0.2, -0.15) is 0 Å². The number of aromatic nitrogens is 1. The second-order valence-corrected chi connectivity index (χ2v) is 5.27. The Morgan fingerprint density at radius 1 is 1.21 bits per heavy atom. The van der Waals surface area contributed by atoms with Gasteiger partial charge in [0.05, 0.1) is 0 Å². The van der Waals surface area contributed by atoms with E-state index in [2.05, 4.69) is 74.1 Å². The lowest BCUT2D eigenvalue weighted by molar-refractivity contribution is 0.553. The maximum Gasteiger partial charge on any atom is 0.0476 e. The molecule has 0 aliphatic heterocycles. The Kier molecular flexibility index (Phi) is 4.43. The van der Waals surface area contributed by atoms with Gasteiger partial charge in [0.25, 0.3) is 0 Å². The second kappa shape index (κ2) is 6.07. The summed E-state index contributed by atoms with van der Waals surface area (Å²) in [5, 5.41) is 3.48. The number of nitrogens with zero attached hydrogens (tertiary/aromatic N) is 1. The average Bonchev–Trinajstić information content (AvgIpc) is 2.82. The van der Waals surface area contributed by atoms with Crippen LogP contribution in [-0.4, -0.2) is 11.1 Å². The number of hydrogen-bond acceptors (Lipinski definition) is 1. The summed E-state index contributed by atoms with van der Waals surface area (Å²) in [6, 6.07) is 11.4. The molecule has 1 unspecified atom stereocenters. The zero-order valence-corrected chi connectivity index (χ0v) is 12.4. The van der Waals surface area contributed by atoms with Gasteiger partial charge in [-0.3, -0.25) is 0 Å². The quantitative estimate of drug-likeness (QED) is 0.860. The van der Waals surface area contributed by atoms with Crippen molar-refractivity contribution in [2.45, 2.75) is 40.3 Å². The predicted molar refractivity (Wildman–Crippen MR) is 81.5 cm³/mol. The van der Waals surface area contributed by atoms with Gasteiger partial charge >= 0.3 is 0 Å².